The van der Waals surface area contributed by atoms with Gasteiger partial charge in [0.15, 0.2) is 0 Å². The quantitative estimate of drug-likeness (QED) is 0.168. The molecule has 0 spiro atoms. The zero-order chi connectivity index (χ0) is 28.2. The van der Waals surface area contributed by atoms with E-state index in [0.717, 1.165) is 12.7 Å². The van der Waals surface area contributed by atoms with Crippen LogP contribution in [-0.2, 0) is 39.3 Å². The van der Waals surface area contributed by atoms with E-state index in [1.165, 1.54) is 13.2 Å². The smallest absolute Gasteiger partial charge is 0.466 e. The molecule has 0 saturated carbocycles. The molecule has 5 rings (SSSR count). The Morgan fingerprint density at radius 3 is 1.75 bits per heavy atom. The Kier molecular flexibility index (Phi) is 7.63. The molecule has 0 saturated heterocycles. The molecule has 40 heavy (non-hydrogen) atoms. The van der Waals surface area contributed by atoms with Crippen molar-refractivity contribution in [2.24, 2.45) is 0 Å². The number of aryl methyl sites for hydroxylation is 1. The van der Waals surface area contributed by atoms with Crippen molar-refractivity contribution in [1.29, 1.82) is 0 Å². The molecule has 0 N–H and O–H groups in total. The van der Waals surface area contributed by atoms with Crippen molar-refractivity contribution in [3.05, 3.63) is 120 Å². The fourth-order valence-electron chi connectivity index (χ4n) is 4.73. The van der Waals surface area contributed by atoms with Gasteiger partial charge in [0, 0.05) is 0 Å². The number of methoxy groups -OCH3 is 2. The number of hydrogen-bond donors (Lipinski definition) is 0. The van der Waals surface area contributed by atoms with Gasteiger partial charge in [0.05, 0.1) is 19.8 Å². The number of carbonyl (C=O) groups excluding carboxylic acids is 2. The number of rotatable bonds is 11. The first-order valence-electron chi connectivity index (χ1n) is 12.5. The van der Waals surface area contributed by atoms with Crippen molar-refractivity contribution < 1.29 is 41.9 Å². The summed E-state index contributed by atoms with van der Waals surface area (Å²) >= 11 is 0. The lowest BCUT2D eigenvalue weighted by atomic mass is 9.82. The first kappa shape index (κ1) is 27.4. The van der Waals surface area contributed by atoms with Gasteiger partial charge in [-0.2, -0.15) is 0 Å². The summed E-state index contributed by atoms with van der Waals surface area (Å²) in [7, 11) is -2.25. The number of para-hydroxylation sites is 2. The molecule has 206 valence electrons. The summed E-state index contributed by atoms with van der Waals surface area (Å²) in [5.41, 5.74) is -0.859. The Hall–Kier alpha value is -4.17. The van der Waals surface area contributed by atoms with E-state index in [1.807, 2.05) is 30.3 Å². The molecular formula is C30H27O9P. The molecule has 0 aliphatic carbocycles. The maximum atomic E-state index is 14.3. The van der Waals surface area contributed by atoms with E-state index in [0.29, 0.717) is 6.42 Å². The van der Waals surface area contributed by atoms with E-state index in [4.69, 9.17) is 27.8 Å². The fourth-order valence-corrected chi connectivity index (χ4v) is 6.13. The van der Waals surface area contributed by atoms with Gasteiger partial charge in [0.1, 0.15) is 22.7 Å². The van der Waals surface area contributed by atoms with Crippen molar-refractivity contribution in [3.63, 3.8) is 0 Å². The Morgan fingerprint density at radius 1 is 0.725 bits per heavy atom. The van der Waals surface area contributed by atoms with E-state index in [-0.39, 0.29) is 29.1 Å². The lowest BCUT2D eigenvalue weighted by Crippen LogP contribution is -2.36. The average Bonchev–Trinajstić information content (AvgIpc) is 3.47. The fraction of sp³-hybridized carbons (Fsp3) is 0.200. The van der Waals surface area contributed by atoms with Crippen molar-refractivity contribution in [1.82, 2.24) is 0 Å². The summed E-state index contributed by atoms with van der Waals surface area (Å²) in [6.07, 6.45) is 3.75. The Morgan fingerprint density at radius 2 is 1.23 bits per heavy atom. The van der Waals surface area contributed by atoms with Crippen molar-refractivity contribution in [2.45, 2.75) is 24.2 Å². The van der Waals surface area contributed by atoms with Crippen molar-refractivity contribution >= 4 is 19.8 Å². The van der Waals surface area contributed by atoms with Gasteiger partial charge in [0.25, 0.3) is 0 Å². The maximum absolute atomic E-state index is 14.3. The van der Waals surface area contributed by atoms with Gasteiger partial charge in [-0.3, -0.25) is 0 Å². The molecule has 10 heteroatoms. The zero-order valence-corrected chi connectivity index (χ0v) is 22.7. The van der Waals surface area contributed by atoms with Crippen LogP contribution in [0, 0.1) is 0 Å². The second kappa shape index (κ2) is 11.1. The number of hydrogen-bond acceptors (Lipinski definition) is 9. The van der Waals surface area contributed by atoms with Gasteiger partial charge < -0.3 is 23.3 Å². The van der Waals surface area contributed by atoms with Crippen LogP contribution in [0.4, 0.5) is 0 Å². The molecule has 2 atom stereocenters. The van der Waals surface area contributed by atoms with Gasteiger partial charge in [-0.15, -0.1) is 0 Å². The highest BCUT2D eigenvalue weighted by Gasteiger charge is 2.66. The van der Waals surface area contributed by atoms with E-state index in [9.17, 15) is 14.2 Å². The summed E-state index contributed by atoms with van der Waals surface area (Å²) in [5, 5.41) is 0. The molecule has 2 bridgehead atoms. The number of carbonyl (C=O) groups is 2. The maximum Gasteiger partial charge on any atom is 0.590 e. The molecule has 0 amide bonds. The largest absolute Gasteiger partial charge is 0.590 e. The standard InChI is InChI=1S/C30H27O9P/c1-34-27(31)25-26(28(32)35-2)30(21-20-29(25,38-30)19-18-22-12-6-3-7-13-22)39-40(33,36-23-14-8-4-9-15-23)37-24-16-10-5-11-17-24/h3-17,20-21H,18-19H2,1-2H3/t29-,30-/m0/s1. The number of fused-ring (bicyclic) bond motifs is 2. The van der Waals surface area contributed by atoms with Gasteiger partial charge in [0.2, 0.25) is 5.79 Å². The molecule has 0 fully saturated rings. The SMILES string of the molecule is COC(=O)C1=C(C(=O)OC)[C@]2(CCc3ccccc3)C=C[C@@]1(OP(=O)(Oc1ccccc1)Oc1ccccc1)O2. The van der Waals surface area contributed by atoms with Gasteiger partial charge in [-0.25, -0.2) is 18.7 Å². The van der Waals surface area contributed by atoms with E-state index >= 15 is 0 Å². The van der Waals surface area contributed by atoms with Crippen LogP contribution in [-0.4, -0.2) is 37.5 Å². The van der Waals surface area contributed by atoms with E-state index < -0.39 is 31.1 Å². The number of benzene rings is 3. The minimum atomic E-state index is -4.60. The third-order valence-electron chi connectivity index (χ3n) is 6.50. The summed E-state index contributed by atoms with van der Waals surface area (Å²) in [6.45, 7) is 0. The van der Waals surface area contributed by atoms with E-state index in [1.54, 1.807) is 66.7 Å². The van der Waals surface area contributed by atoms with Crippen LogP contribution in [0.2, 0.25) is 0 Å². The summed E-state index contributed by atoms with van der Waals surface area (Å²) < 4.78 is 48.3. The molecule has 2 heterocycles. The number of esters is 2. The van der Waals surface area contributed by atoms with Crippen LogP contribution in [0.1, 0.15) is 12.0 Å². The molecule has 0 radical (unpaired) electrons. The lowest BCUT2D eigenvalue weighted by molar-refractivity contribution is -0.159. The minimum Gasteiger partial charge on any atom is -0.466 e. The second-order valence-corrected chi connectivity index (χ2v) is 10.5. The van der Waals surface area contributed by atoms with Crippen LogP contribution in [0.3, 0.4) is 0 Å². The Labute approximate surface area is 231 Å². The molecule has 2 aliphatic heterocycles. The average molecular weight is 563 g/mol. The molecule has 3 aromatic rings. The third-order valence-corrected chi connectivity index (χ3v) is 7.87. The monoisotopic (exact) mass is 562 g/mol. The summed E-state index contributed by atoms with van der Waals surface area (Å²) in [4.78, 5) is 26.4. The van der Waals surface area contributed by atoms with Gasteiger partial charge in [-0.1, -0.05) is 66.7 Å². The highest BCUT2D eigenvalue weighted by atomic mass is 31.2. The van der Waals surface area contributed by atoms with Gasteiger partial charge >= 0.3 is 19.8 Å². The highest BCUT2D eigenvalue weighted by Crippen LogP contribution is 2.61. The van der Waals surface area contributed by atoms with Crippen LogP contribution < -0.4 is 9.05 Å². The number of phosphoric ester groups is 1. The minimum absolute atomic E-state index is 0.105. The molecule has 0 unspecified atom stereocenters. The van der Waals surface area contributed by atoms with Crippen LogP contribution in [0.25, 0.3) is 0 Å². The second-order valence-electron chi connectivity index (χ2n) is 9.06. The van der Waals surface area contributed by atoms with Crippen molar-refractivity contribution in [3.8, 4) is 11.5 Å². The van der Waals surface area contributed by atoms with Crippen LogP contribution >= 0.6 is 7.82 Å². The number of ether oxygens (including phenoxy) is 3. The first-order chi connectivity index (χ1) is 19.3. The van der Waals surface area contributed by atoms with Gasteiger partial charge in [-0.05, 0) is 54.8 Å². The van der Waals surface area contributed by atoms with Crippen LogP contribution in [0.15, 0.2) is 114 Å². The van der Waals surface area contributed by atoms with Crippen molar-refractivity contribution in [2.75, 3.05) is 14.2 Å². The number of phosphoric acid groups is 1. The zero-order valence-electron chi connectivity index (χ0n) is 21.9. The first-order valence-corrected chi connectivity index (χ1v) is 13.9. The topological polar surface area (TPSA) is 107 Å². The summed E-state index contributed by atoms with van der Waals surface area (Å²) in [5.74, 6) is -3.49. The van der Waals surface area contributed by atoms with E-state index in [2.05, 4.69) is 0 Å². The predicted octanol–water partition coefficient (Wildman–Crippen LogP) is 5.58. The molecule has 9 nitrogen and oxygen atoms in total. The summed E-state index contributed by atoms with van der Waals surface area (Å²) in [6, 6.07) is 26.1. The van der Waals surface area contributed by atoms with Crippen LogP contribution in [0.5, 0.6) is 11.5 Å². The normalized spacial score (nSPS) is 21.2. The molecule has 2 aliphatic rings. The Balaban J connectivity index is 1.58. The predicted molar refractivity (Wildman–Crippen MR) is 144 cm³/mol. The Bertz CT molecular complexity index is 1440. The lowest BCUT2D eigenvalue weighted by Gasteiger charge is -2.30. The molecule has 0 aromatic heterocycles. The highest BCUT2D eigenvalue weighted by molar-refractivity contribution is 7.49. The molecular weight excluding hydrogens is 535 g/mol. The molecule has 3 aromatic carbocycles. The third kappa shape index (κ3) is 5.31.